The first-order valence-corrected chi connectivity index (χ1v) is 5.12. The van der Waals surface area contributed by atoms with E-state index in [4.69, 9.17) is 5.11 Å². The fraction of sp³-hybridized carbons (Fsp3) is 0.200. The average Bonchev–Trinajstić information content (AvgIpc) is 2.99. The minimum Gasteiger partial charge on any atom is -0.475 e. The maximum absolute atomic E-state index is 11.6. The van der Waals surface area contributed by atoms with Gasteiger partial charge in [-0.25, -0.2) is 4.79 Å². The Morgan fingerprint density at radius 3 is 2.94 bits per heavy atom. The monoisotopic (exact) mass is 250 g/mol. The Labute approximate surface area is 101 Å². The molecule has 0 aliphatic carbocycles. The summed E-state index contributed by atoms with van der Waals surface area (Å²) in [6.45, 7) is 0.873. The van der Waals surface area contributed by atoms with E-state index in [0.717, 1.165) is 6.07 Å². The van der Waals surface area contributed by atoms with E-state index in [1.165, 1.54) is 0 Å². The van der Waals surface area contributed by atoms with E-state index in [9.17, 15) is 9.59 Å². The molecule has 2 rings (SSSR count). The smallest absolute Gasteiger partial charge is 0.374 e. The zero-order chi connectivity index (χ0) is 13.0. The lowest BCUT2D eigenvalue weighted by Gasteiger charge is -2.02. The summed E-state index contributed by atoms with van der Waals surface area (Å²) in [6.07, 6.45) is 3.41. The molecule has 0 aliphatic heterocycles. The highest BCUT2D eigenvalue weighted by Gasteiger charge is 2.15. The SMILES string of the molecule is O=C(NCCn1cccn1)c1cc(C(=O)O)on1. The number of rotatable bonds is 5. The number of carbonyl (C=O) groups is 2. The van der Waals surface area contributed by atoms with Crippen LogP contribution in [0.1, 0.15) is 21.0 Å². The molecule has 0 radical (unpaired) electrons. The summed E-state index contributed by atoms with van der Waals surface area (Å²) in [6, 6.07) is 2.85. The lowest BCUT2D eigenvalue weighted by molar-refractivity contribution is 0.0651. The molecule has 1 amide bonds. The Bertz CT molecular complexity index is 546. The number of carboxylic acid groups (broad SMARTS) is 1. The van der Waals surface area contributed by atoms with Gasteiger partial charge in [0.15, 0.2) is 5.69 Å². The van der Waals surface area contributed by atoms with Crippen LogP contribution in [0.3, 0.4) is 0 Å². The van der Waals surface area contributed by atoms with E-state index >= 15 is 0 Å². The summed E-state index contributed by atoms with van der Waals surface area (Å²) < 4.78 is 6.13. The number of nitrogens with zero attached hydrogens (tertiary/aromatic N) is 3. The fourth-order valence-electron chi connectivity index (χ4n) is 1.29. The van der Waals surface area contributed by atoms with Crippen LogP contribution in [0.4, 0.5) is 0 Å². The van der Waals surface area contributed by atoms with E-state index in [1.807, 2.05) is 0 Å². The molecule has 2 heterocycles. The van der Waals surface area contributed by atoms with Gasteiger partial charge < -0.3 is 14.9 Å². The van der Waals surface area contributed by atoms with Gasteiger partial charge >= 0.3 is 5.97 Å². The quantitative estimate of drug-likeness (QED) is 0.772. The maximum Gasteiger partial charge on any atom is 0.374 e. The average molecular weight is 250 g/mol. The molecule has 0 atom stereocenters. The van der Waals surface area contributed by atoms with E-state index in [0.29, 0.717) is 13.1 Å². The number of carboxylic acids is 1. The van der Waals surface area contributed by atoms with Gasteiger partial charge in [0.05, 0.1) is 6.54 Å². The van der Waals surface area contributed by atoms with Crippen LogP contribution >= 0.6 is 0 Å². The van der Waals surface area contributed by atoms with E-state index < -0.39 is 11.9 Å². The van der Waals surface area contributed by atoms with Crippen molar-refractivity contribution in [3.05, 3.63) is 36.0 Å². The second-order valence-electron chi connectivity index (χ2n) is 3.41. The molecule has 94 valence electrons. The summed E-state index contributed by atoms with van der Waals surface area (Å²) in [5.41, 5.74) is -0.0622. The number of amides is 1. The molecule has 0 bridgehead atoms. The lowest BCUT2D eigenvalue weighted by Crippen LogP contribution is -2.27. The van der Waals surface area contributed by atoms with Gasteiger partial charge in [0.1, 0.15) is 0 Å². The molecule has 8 heteroatoms. The minimum atomic E-state index is -1.27. The molecule has 0 aliphatic rings. The summed E-state index contributed by atoms with van der Waals surface area (Å²) >= 11 is 0. The predicted molar refractivity (Wildman–Crippen MR) is 58.0 cm³/mol. The number of aromatic carboxylic acids is 1. The van der Waals surface area contributed by atoms with Gasteiger partial charge in [0, 0.05) is 25.0 Å². The number of aromatic nitrogens is 3. The molecule has 0 spiro atoms. The number of nitrogens with one attached hydrogen (secondary N) is 1. The summed E-state index contributed by atoms with van der Waals surface area (Å²) in [5, 5.41) is 18.5. The van der Waals surface area contributed by atoms with Gasteiger partial charge in [0.25, 0.3) is 5.91 Å². The summed E-state index contributed by atoms with van der Waals surface area (Å²) in [5.74, 6) is -2.12. The van der Waals surface area contributed by atoms with Crippen LogP contribution in [-0.4, -0.2) is 38.5 Å². The predicted octanol–water partition coefficient (Wildman–Crippen LogP) is -0.000700. The molecular formula is C10H10N4O4. The molecule has 0 saturated heterocycles. The molecule has 0 saturated carbocycles. The van der Waals surface area contributed by atoms with Gasteiger partial charge in [-0.15, -0.1) is 0 Å². The Kier molecular flexibility index (Phi) is 3.37. The van der Waals surface area contributed by atoms with Gasteiger partial charge in [0.2, 0.25) is 5.76 Å². The second kappa shape index (κ2) is 5.13. The Hall–Kier alpha value is -2.64. The normalized spacial score (nSPS) is 10.2. The topological polar surface area (TPSA) is 110 Å². The van der Waals surface area contributed by atoms with Crippen molar-refractivity contribution in [2.24, 2.45) is 0 Å². The van der Waals surface area contributed by atoms with E-state index in [-0.39, 0.29) is 11.5 Å². The molecule has 2 aromatic heterocycles. The molecule has 18 heavy (non-hydrogen) atoms. The first kappa shape index (κ1) is 11.8. The summed E-state index contributed by atoms with van der Waals surface area (Å²) in [4.78, 5) is 22.1. The van der Waals surface area contributed by atoms with Crippen LogP contribution in [0.2, 0.25) is 0 Å². The highest BCUT2D eigenvalue weighted by atomic mass is 16.5. The highest BCUT2D eigenvalue weighted by Crippen LogP contribution is 2.02. The molecular weight excluding hydrogens is 240 g/mol. The number of hydrogen-bond donors (Lipinski definition) is 2. The van der Waals surface area contributed by atoms with Crippen LogP contribution in [0.5, 0.6) is 0 Å². The maximum atomic E-state index is 11.6. The lowest BCUT2D eigenvalue weighted by atomic mass is 10.3. The Morgan fingerprint density at radius 2 is 2.33 bits per heavy atom. The third-order valence-corrected chi connectivity index (χ3v) is 2.14. The van der Waals surface area contributed by atoms with Crippen molar-refractivity contribution >= 4 is 11.9 Å². The Morgan fingerprint density at radius 1 is 1.50 bits per heavy atom. The van der Waals surface area contributed by atoms with Crippen molar-refractivity contribution in [1.29, 1.82) is 0 Å². The molecule has 2 aromatic rings. The largest absolute Gasteiger partial charge is 0.475 e. The van der Waals surface area contributed by atoms with Crippen molar-refractivity contribution < 1.29 is 19.2 Å². The molecule has 0 aromatic carbocycles. The molecule has 0 fully saturated rings. The van der Waals surface area contributed by atoms with Crippen molar-refractivity contribution in [3.8, 4) is 0 Å². The summed E-state index contributed by atoms with van der Waals surface area (Å²) in [7, 11) is 0. The van der Waals surface area contributed by atoms with Gasteiger partial charge in [-0.2, -0.15) is 5.10 Å². The zero-order valence-corrected chi connectivity index (χ0v) is 9.24. The van der Waals surface area contributed by atoms with E-state index in [2.05, 4.69) is 20.1 Å². The third-order valence-electron chi connectivity index (χ3n) is 2.14. The molecule has 2 N–H and O–H groups in total. The third kappa shape index (κ3) is 2.73. The van der Waals surface area contributed by atoms with Gasteiger partial charge in [-0.1, -0.05) is 5.16 Å². The number of hydrogen-bond acceptors (Lipinski definition) is 5. The Balaban J connectivity index is 1.85. The minimum absolute atomic E-state index is 0.0622. The van der Waals surface area contributed by atoms with Gasteiger partial charge in [-0.05, 0) is 6.07 Å². The van der Waals surface area contributed by atoms with Crippen molar-refractivity contribution in [3.63, 3.8) is 0 Å². The van der Waals surface area contributed by atoms with E-state index in [1.54, 1.807) is 23.1 Å². The highest BCUT2D eigenvalue weighted by molar-refractivity contribution is 5.94. The van der Waals surface area contributed by atoms with Crippen molar-refractivity contribution in [1.82, 2.24) is 20.3 Å². The first-order valence-electron chi connectivity index (χ1n) is 5.12. The fourth-order valence-corrected chi connectivity index (χ4v) is 1.29. The van der Waals surface area contributed by atoms with Gasteiger partial charge in [-0.3, -0.25) is 9.48 Å². The van der Waals surface area contributed by atoms with Crippen molar-refractivity contribution in [2.75, 3.05) is 6.54 Å². The molecule has 8 nitrogen and oxygen atoms in total. The number of carbonyl (C=O) groups excluding carboxylic acids is 1. The van der Waals surface area contributed by atoms with Crippen LogP contribution in [0.15, 0.2) is 29.0 Å². The first-order chi connectivity index (χ1) is 8.66. The molecule has 0 unspecified atom stereocenters. The van der Waals surface area contributed by atoms with Crippen LogP contribution in [-0.2, 0) is 6.54 Å². The van der Waals surface area contributed by atoms with Crippen LogP contribution in [0.25, 0.3) is 0 Å². The van der Waals surface area contributed by atoms with Crippen molar-refractivity contribution in [2.45, 2.75) is 6.54 Å². The van der Waals surface area contributed by atoms with Crippen LogP contribution in [0, 0.1) is 0 Å². The standard InChI is InChI=1S/C10H10N4O4/c15-9(7-6-8(10(16)17)18-13-7)11-3-5-14-4-1-2-12-14/h1-2,4,6H,3,5H2,(H,11,15)(H,16,17). The zero-order valence-electron chi connectivity index (χ0n) is 9.24. The van der Waals surface area contributed by atoms with Crippen LogP contribution < -0.4 is 5.32 Å². The second-order valence-corrected chi connectivity index (χ2v) is 3.41.